The number of H-pyrrole nitrogens is 1. The predicted octanol–water partition coefficient (Wildman–Crippen LogP) is 1.56. The standard InChI is InChI=1S/C13H19N3O3/c17-12(10-7-14-15-8-10)16-11(13(18)19)6-9-4-2-1-3-5-9/h7-9,11H,1-6H2,(H,14,15)(H,16,17)(H,18,19). The number of hydrogen-bond donors (Lipinski definition) is 3. The molecule has 1 aromatic heterocycles. The fourth-order valence-corrected chi connectivity index (χ4v) is 2.59. The van der Waals surface area contributed by atoms with Gasteiger partial charge in [0.05, 0.1) is 11.8 Å². The van der Waals surface area contributed by atoms with Crippen LogP contribution in [0.15, 0.2) is 12.4 Å². The third-order valence-electron chi connectivity index (χ3n) is 3.66. The zero-order valence-corrected chi connectivity index (χ0v) is 10.8. The smallest absolute Gasteiger partial charge is 0.326 e. The maximum absolute atomic E-state index is 11.8. The summed E-state index contributed by atoms with van der Waals surface area (Å²) in [6.45, 7) is 0. The van der Waals surface area contributed by atoms with Crippen molar-refractivity contribution in [3.63, 3.8) is 0 Å². The first-order valence-electron chi connectivity index (χ1n) is 6.69. The Balaban J connectivity index is 1.92. The van der Waals surface area contributed by atoms with Gasteiger partial charge in [0.25, 0.3) is 5.91 Å². The maximum Gasteiger partial charge on any atom is 0.326 e. The van der Waals surface area contributed by atoms with Crippen molar-refractivity contribution in [1.82, 2.24) is 15.5 Å². The molecule has 1 aromatic rings. The van der Waals surface area contributed by atoms with Crippen molar-refractivity contribution in [3.05, 3.63) is 18.0 Å². The number of nitrogens with zero attached hydrogens (tertiary/aromatic N) is 1. The van der Waals surface area contributed by atoms with E-state index in [0.29, 0.717) is 17.9 Å². The first-order valence-corrected chi connectivity index (χ1v) is 6.69. The van der Waals surface area contributed by atoms with Gasteiger partial charge >= 0.3 is 5.97 Å². The summed E-state index contributed by atoms with van der Waals surface area (Å²) >= 11 is 0. The fraction of sp³-hybridized carbons (Fsp3) is 0.615. The fourth-order valence-electron chi connectivity index (χ4n) is 2.59. The second kappa shape index (κ2) is 6.36. The zero-order chi connectivity index (χ0) is 13.7. The van der Waals surface area contributed by atoms with E-state index >= 15 is 0 Å². The average molecular weight is 265 g/mol. The van der Waals surface area contributed by atoms with E-state index < -0.39 is 17.9 Å². The Labute approximate surface area is 111 Å². The molecule has 1 fully saturated rings. The number of carboxylic acid groups (broad SMARTS) is 1. The molecule has 0 spiro atoms. The van der Waals surface area contributed by atoms with Crippen molar-refractivity contribution in [2.75, 3.05) is 0 Å². The minimum Gasteiger partial charge on any atom is -0.480 e. The minimum absolute atomic E-state index is 0.356. The third kappa shape index (κ3) is 3.81. The second-order valence-corrected chi connectivity index (χ2v) is 5.09. The first kappa shape index (κ1) is 13.6. The van der Waals surface area contributed by atoms with Gasteiger partial charge in [-0.15, -0.1) is 0 Å². The van der Waals surface area contributed by atoms with Gasteiger partial charge in [0, 0.05) is 6.20 Å². The highest BCUT2D eigenvalue weighted by Gasteiger charge is 2.25. The lowest BCUT2D eigenvalue weighted by Gasteiger charge is -2.24. The number of carbonyl (C=O) groups is 2. The van der Waals surface area contributed by atoms with Crippen LogP contribution in [-0.4, -0.2) is 33.2 Å². The summed E-state index contributed by atoms with van der Waals surface area (Å²) < 4.78 is 0. The lowest BCUT2D eigenvalue weighted by molar-refractivity contribution is -0.139. The van der Waals surface area contributed by atoms with Crippen molar-refractivity contribution in [1.29, 1.82) is 0 Å². The Morgan fingerprint density at radius 1 is 1.42 bits per heavy atom. The molecule has 19 heavy (non-hydrogen) atoms. The molecule has 1 aliphatic rings. The van der Waals surface area contributed by atoms with Crippen LogP contribution in [0.4, 0.5) is 0 Å². The van der Waals surface area contributed by atoms with E-state index in [-0.39, 0.29) is 0 Å². The van der Waals surface area contributed by atoms with Gasteiger partial charge in [0.1, 0.15) is 6.04 Å². The summed E-state index contributed by atoms with van der Waals surface area (Å²) in [6, 6.07) is -0.814. The van der Waals surface area contributed by atoms with E-state index in [2.05, 4.69) is 15.5 Å². The average Bonchev–Trinajstić information content (AvgIpc) is 2.93. The van der Waals surface area contributed by atoms with Crippen molar-refractivity contribution in [2.24, 2.45) is 5.92 Å². The third-order valence-corrected chi connectivity index (χ3v) is 3.66. The van der Waals surface area contributed by atoms with Crippen LogP contribution in [0.25, 0.3) is 0 Å². The van der Waals surface area contributed by atoms with Gasteiger partial charge in [0.15, 0.2) is 0 Å². The van der Waals surface area contributed by atoms with Crippen LogP contribution in [0.2, 0.25) is 0 Å². The quantitative estimate of drug-likeness (QED) is 0.753. The van der Waals surface area contributed by atoms with Gasteiger partial charge in [-0.3, -0.25) is 9.89 Å². The Morgan fingerprint density at radius 2 is 2.16 bits per heavy atom. The van der Waals surface area contributed by atoms with Gasteiger partial charge in [-0.05, 0) is 12.3 Å². The van der Waals surface area contributed by atoms with Crippen molar-refractivity contribution in [2.45, 2.75) is 44.6 Å². The number of aliphatic carboxylic acids is 1. The Bertz CT molecular complexity index is 424. The van der Waals surface area contributed by atoms with Gasteiger partial charge in [-0.25, -0.2) is 4.79 Å². The largest absolute Gasteiger partial charge is 0.480 e. The molecule has 1 saturated carbocycles. The van der Waals surface area contributed by atoms with Crippen LogP contribution in [-0.2, 0) is 4.79 Å². The molecule has 0 bridgehead atoms. The lowest BCUT2D eigenvalue weighted by atomic mass is 9.85. The highest BCUT2D eigenvalue weighted by atomic mass is 16.4. The molecule has 2 rings (SSSR count). The van der Waals surface area contributed by atoms with Crippen LogP contribution in [0.5, 0.6) is 0 Å². The van der Waals surface area contributed by atoms with E-state index in [1.54, 1.807) is 0 Å². The van der Waals surface area contributed by atoms with Crippen LogP contribution < -0.4 is 5.32 Å². The monoisotopic (exact) mass is 265 g/mol. The van der Waals surface area contributed by atoms with Crippen LogP contribution >= 0.6 is 0 Å². The van der Waals surface area contributed by atoms with E-state index in [1.165, 1.54) is 18.8 Å². The van der Waals surface area contributed by atoms with Gasteiger partial charge in [-0.2, -0.15) is 5.10 Å². The predicted molar refractivity (Wildman–Crippen MR) is 68.7 cm³/mol. The number of aromatic amines is 1. The molecule has 6 heteroatoms. The summed E-state index contributed by atoms with van der Waals surface area (Å²) in [6.07, 6.45) is 9.02. The molecule has 0 aliphatic heterocycles. The Kier molecular flexibility index (Phi) is 4.54. The molecule has 6 nitrogen and oxygen atoms in total. The highest BCUT2D eigenvalue weighted by Crippen LogP contribution is 2.27. The van der Waals surface area contributed by atoms with E-state index in [1.807, 2.05) is 0 Å². The molecule has 1 heterocycles. The summed E-state index contributed by atoms with van der Waals surface area (Å²) in [5.74, 6) is -0.959. The SMILES string of the molecule is O=C(NC(CC1CCCCC1)C(=O)O)c1cn[nH]c1. The molecule has 104 valence electrons. The topological polar surface area (TPSA) is 95.1 Å². The van der Waals surface area contributed by atoms with E-state index in [9.17, 15) is 14.7 Å². The minimum atomic E-state index is -0.970. The number of amides is 1. The number of carboxylic acids is 1. The molecule has 1 unspecified atom stereocenters. The summed E-state index contributed by atoms with van der Waals surface area (Å²) in [7, 11) is 0. The highest BCUT2D eigenvalue weighted by molar-refractivity contribution is 5.96. The molecular weight excluding hydrogens is 246 g/mol. The lowest BCUT2D eigenvalue weighted by Crippen LogP contribution is -2.42. The van der Waals surface area contributed by atoms with E-state index in [4.69, 9.17) is 0 Å². The number of aromatic nitrogens is 2. The van der Waals surface area contributed by atoms with E-state index in [0.717, 1.165) is 25.7 Å². The molecule has 1 amide bonds. The second-order valence-electron chi connectivity index (χ2n) is 5.09. The van der Waals surface area contributed by atoms with Gasteiger partial charge < -0.3 is 10.4 Å². The van der Waals surface area contributed by atoms with Crippen LogP contribution in [0, 0.1) is 5.92 Å². The molecule has 0 radical (unpaired) electrons. The first-order chi connectivity index (χ1) is 9.16. The Hall–Kier alpha value is -1.85. The van der Waals surface area contributed by atoms with Crippen LogP contribution in [0.3, 0.4) is 0 Å². The van der Waals surface area contributed by atoms with Crippen molar-refractivity contribution >= 4 is 11.9 Å². The van der Waals surface area contributed by atoms with Crippen molar-refractivity contribution in [3.8, 4) is 0 Å². The normalized spacial score (nSPS) is 17.9. The Morgan fingerprint density at radius 3 is 2.74 bits per heavy atom. The summed E-state index contributed by atoms with van der Waals surface area (Å²) in [5, 5.41) is 18.0. The number of rotatable bonds is 5. The maximum atomic E-state index is 11.8. The molecule has 0 aromatic carbocycles. The van der Waals surface area contributed by atoms with Crippen LogP contribution in [0.1, 0.15) is 48.9 Å². The summed E-state index contributed by atoms with van der Waals surface area (Å²) in [4.78, 5) is 23.1. The van der Waals surface area contributed by atoms with Crippen molar-refractivity contribution < 1.29 is 14.7 Å². The molecule has 1 atom stereocenters. The molecule has 0 saturated heterocycles. The number of nitrogens with one attached hydrogen (secondary N) is 2. The molecule has 1 aliphatic carbocycles. The molecule has 3 N–H and O–H groups in total. The van der Waals surface area contributed by atoms with Gasteiger partial charge in [0.2, 0.25) is 0 Å². The van der Waals surface area contributed by atoms with Gasteiger partial charge in [-0.1, -0.05) is 32.1 Å². The summed E-state index contributed by atoms with van der Waals surface area (Å²) in [5.41, 5.74) is 0.356. The molecular formula is C13H19N3O3. The number of hydrogen-bond acceptors (Lipinski definition) is 3. The zero-order valence-electron chi connectivity index (χ0n) is 10.8. The number of carbonyl (C=O) groups excluding carboxylic acids is 1.